The minimum atomic E-state index is -0.207. The van der Waals surface area contributed by atoms with Gasteiger partial charge in [0, 0.05) is 13.2 Å². The zero-order chi connectivity index (χ0) is 14.7. The van der Waals surface area contributed by atoms with E-state index < -0.39 is 0 Å². The number of ether oxygens (including phenoxy) is 2. The average molecular weight is 290 g/mol. The fourth-order valence-corrected chi connectivity index (χ4v) is 2.56. The van der Waals surface area contributed by atoms with Crippen LogP contribution in [-0.2, 0) is 14.3 Å². The molecule has 0 bridgehead atoms. The highest BCUT2D eigenvalue weighted by atomic mass is 16.5. The molecule has 1 aromatic rings. The van der Waals surface area contributed by atoms with Crippen molar-refractivity contribution in [3.63, 3.8) is 0 Å². The number of hydrogen-bond donors (Lipinski definition) is 1. The Kier molecular flexibility index (Phi) is 4.06. The van der Waals surface area contributed by atoms with Crippen molar-refractivity contribution in [1.29, 1.82) is 0 Å². The Morgan fingerprint density at radius 1 is 1.38 bits per heavy atom. The fraction of sp³-hybridized carbons (Fsp3) is 0.467. The molecule has 0 aromatic heterocycles. The molecule has 2 amide bonds. The van der Waals surface area contributed by atoms with Crippen molar-refractivity contribution in [3.8, 4) is 5.75 Å². The second-order valence-electron chi connectivity index (χ2n) is 5.18. The van der Waals surface area contributed by atoms with Crippen LogP contribution in [0.25, 0.3) is 0 Å². The van der Waals surface area contributed by atoms with Crippen molar-refractivity contribution < 1.29 is 19.1 Å². The minimum Gasteiger partial charge on any atom is -0.482 e. The zero-order valence-corrected chi connectivity index (χ0v) is 11.7. The molecule has 112 valence electrons. The number of fused-ring (bicyclic) bond motifs is 1. The van der Waals surface area contributed by atoms with Gasteiger partial charge in [0.1, 0.15) is 12.3 Å². The summed E-state index contributed by atoms with van der Waals surface area (Å²) in [5, 5.41) is 2.82. The van der Waals surface area contributed by atoms with Crippen LogP contribution in [0.3, 0.4) is 0 Å². The lowest BCUT2D eigenvalue weighted by Crippen LogP contribution is -2.46. The second kappa shape index (κ2) is 6.13. The van der Waals surface area contributed by atoms with E-state index in [-0.39, 0.29) is 31.1 Å². The number of benzene rings is 1. The highest BCUT2D eigenvalue weighted by molar-refractivity contribution is 6.02. The highest BCUT2D eigenvalue weighted by Gasteiger charge is 2.27. The van der Waals surface area contributed by atoms with Crippen LogP contribution in [0, 0.1) is 0 Å². The van der Waals surface area contributed by atoms with Gasteiger partial charge in [-0.05, 0) is 25.0 Å². The molecule has 1 fully saturated rings. The van der Waals surface area contributed by atoms with E-state index in [4.69, 9.17) is 9.47 Å². The molecule has 0 radical (unpaired) electrons. The lowest BCUT2D eigenvalue weighted by atomic mass is 10.2. The van der Waals surface area contributed by atoms with Crippen LogP contribution in [0.1, 0.15) is 12.8 Å². The molecule has 2 aliphatic rings. The summed E-state index contributed by atoms with van der Waals surface area (Å²) in [6.45, 7) is 1.23. The molecule has 1 N–H and O–H groups in total. The largest absolute Gasteiger partial charge is 0.482 e. The molecule has 1 saturated heterocycles. The Morgan fingerprint density at radius 3 is 3.05 bits per heavy atom. The van der Waals surface area contributed by atoms with Crippen molar-refractivity contribution in [2.75, 3.05) is 31.2 Å². The average Bonchev–Trinajstić information content (AvgIpc) is 3.01. The van der Waals surface area contributed by atoms with Gasteiger partial charge in [-0.25, -0.2) is 0 Å². The van der Waals surface area contributed by atoms with Gasteiger partial charge in [-0.15, -0.1) is 0 Å². The summed E-state index contributed by atoms with van der Waals surface area (Å²) >= 11 is 0. The first-order valence-corrected chi connectivity index (χ1v) is 7.14. The SMILES string of the molecule is O=C(CN1C(=O)COc2ccccc21)NC[C@H]1CCCO1. The maximum absolute atomic E-state index is 12.0. The van der Waals surface area contributed by atoms with E-state index in [0.717, 1.165) is 19.4 Å². The van der Waals surface area contributed by atoms with Crippen LogP contribution >= 0.6 is 0 Å². The summed E-state index contributed by atoms with van der Waals surface area (Å²) in [7, 11) is 0. The maximum atomic E-state index is 12.0. The third kappa shape index (κ3) is 3.16. The van der Waals surface area contributed by atoms with Crippen LogP contribution in [0.4, 0.5) is 5.69 Å². The van der Waals surface area contributed by atoms with E-state index in [9.17, 15) is 9.59 Å². The number of carbonyl (C=O) groups is 2. The maximum Gasteiger partial charge on any atom is 0.265 e. The van der Waals surface area contributed by atoms with E-state index in [1.54, 1.807) is 12.1 Å². The number of nitrogens with zero attached hydrogens (tertiary/aromatic N) is 1. The standard InChI is InChI=1S/C15H18N2O4/c18-14(16-8-11-4-3-7-20-11)9-17-12-5-1-2-6-13(12)21-10-15(17)19/h1-2,5-6,11H,3-4,7-10H2,(H,16,18)/t11-/m1/s1. The lowest BCUT2D eigenvalue weighted by molar-refractivity contribution is -0.125. The summed E-state index contributed by atoms with van der Waals surface area (Å²) in [6.07, 6.45) is 2.11. The summed E-state index contributed by atoms with van der Waals surface area (Å²) in [4.78, 5) is 25.4. The fourth-order valence-electron chi connectivity index (χ4n) is 2.56. The molecule has 0 unspecified atom stereocenters. The van der Waals surface area contributed by atoms with Crippen molar-refractivity contribution in [1.82, 2.24) is 5.32 Å². The highest BCUT2D eigenvalue weighted by Crippen LogP contribution is 2.31. The first-order valence-electron chi connectivity index (χ1n) is 7.14. The molecular formula is C15H18N2O4. The first-order chi connectivity index (χ1) is 10.2. The number of amides is 2. The minimum absolute atomic E-state index is 0.00588. The monoisotopic (exact) mass is 290 g/mol. The third-order valence-corrected chi connectivity index (χ3v) is 3.66. The Bertz CT molecular complexity index is 540. The number of nitrogens with one attached hydrogen (secondary N) is 1. The summed E-state index contributed by atoms with van der Waals surface area (Å²) in [5.74, 6) is 0.237. The first kappa shape index (κ1) is 13.9. The van der Waals surface area contributed by atoms with Gasteiger partial charge in [-0.2, -0.15) is 0 Å². The van der Waals surface area contributed by atoms with Crippen LogP contribution in [-0.4, -0.2) is 44.2 Å². The van der Waals surface area contributed by atoms with Crippen LogP contribution < -0.4 is 15.0 Å². The summed E-state index contributed by atoms with van der Waals surface area (Å²) in [5.41, 5.74) is 0.640. The predicted molar refractivity (Wildman–Crippen MR) is 76.3 cm³/mol. The molecule has 2 heterocycles. The molecule has 0 aliphatic carbocycles. The Morgan fingerprint density at radius 2 is 2.24 bits per heavy atom. The number of carbonyl (C=O) groups excluding carboxylic acids is 2. The van der Waals surface area contributed by atoms with Gasteiger partial charge in [0.15, 0.2) is 6.61 Å². The van der Waals surface area contributed by atoms with Gasteiger partial charge in [-0.3, -0.25) is 14.5 Å². The number of para-hydroxylation sites is 2. The van der Waals surface area contributed by atoms with Crippen molar-refractivity contribution in [2.45, 2.75) is 18.9 Å². The molecule has 6 heteroatoms. The Hall–Kier alpha value is -2.08. The summed E-state index contributed by atoms with van der Waals surface area (Å²) in [6, 6.07) is 7.22. The number of anilines is 1. The second-order valence-corrected chi connectivity index (χ2v) is 5.18. The van der Waals surface area contributed by atoms with Gasteiger partial charge in [-0.1, -0.05) is 12.1 Å². The topological polar surface area (TPSA) is 67.9 Å². The molecule has 1 aromatic carbocycles. The van der Waals surface area contributed by atoms with Crippen molar-refractivity contribution >= 4 is 17.5 Å². The molecule has 0 spiro atoms. The quantitative estimate of drug-likeness (QED) is 0.886. The van der Waals surface area contributed by atoms with Gasteiger partial charge in [0.05, 0.1) is 11.8 Å². The molecule has 2 aliphatic heterocycles. The van der Waals surface area contributed by atoms with Crippen LogP contribution in [0.5, 0.6) is 5.75 Å². The number of rotatable bonds is 4. The van der Waals surface area contributed by atoms with Crippen LogP contribution in [0.15, 0.2) is 24.3 Å². The molecule has 6 nitrogen and oxygen atoms in total. The van der Waals surface area contributed by atoms with E-state index >= 15 is 0 Å². The van der Waals surface area contributed by atoms with E-state index in [0.29, 0.717) is 18.0 Å². The predicted octanol–water partition coefficient (Wildman–Crippen LogP) is 0.707. The molecular weight excluding hydrogens is 272 g/mol. The molecule has 1 atom stereocenters. The smallest absolute Gasteiger partial charge is 0.265 e. The Balaban J connectivity index is 1.60. The number of hydrogen-bond acceptors (Lipinski definition) is 4. The zero-order valence-electron chi connectivity index (χ0n) is 11.7. The van der Waals surface area contributed by atoms with Gasteiger partial charge >= 0.3 is 0 Å². The molecule has 21 heavy (non-hydrogen) atoms. The van der Waals surface area contributed by atoms with E-state index in [2.05, 4.69) is 5.32 Å². The van der Waals surface area contributed by atoms with Gasteiger partial charge in [0.25, 0.3) is 5.91 Å². The normalized spacial score (nSPS) is 20.9. The van der Waals surface area contributed by atoms with E-state index in [1.807, 2.05) is 12.1 Å². The van der Waals surface area contributed by atoms with Crippen molar-refractivity contribution in [2.24, 2.45) is 0 Å². The third-order valence-electron chi connectivity index (χ3n) is 3.66. The van der Waals surface area contributed by atoms with Crippen LogP contribution in [0.2, 0.25) is 0 Å². The Labute approximate surface area is 123 Å². The van der Waals surface area contributed by atoms with Crippen molar-refractivity contribution in [3.05, 3.63) is 24.3 Å². The summed E-state index contributed by atoms with van der Waals surface area (Å²) < 4.78 is 10.8. The molecule has 0 saturated carbocycles. The van der Waals surface area contributed by atoms with Gasteiger partial charge < -0.3 is 14.8 Å². The van der Waals surface area contributed by atoms with Gasteiger partial charge in [0.2, 0.25) is 5.91 Å². The van der Waals surface area contributed by atoms with E-state index in [1.165, 1.54) is 4.90 Å². The molecule has 3 rings (SSSR count). The lowest BCUT2D eigenvalue weighted by Gasteiger charge is -2.28.